The predicted octanol–water partition coefficient (Wildman–Crippen LogP) is 4.07. The molecule has 1 N–H and O–H groups in total. The van der Waals surface area contributed by atoms with Gasteiger partial charge in [0, 0.05) is 18.0 Å². The molecule has 0 saturated carbocycles. The molecule has 4 nitrogen and oxygen atoms in total. The van der Waals surface area contributed by atoms with Crippen molar-refractivity contribution < 1.29 is 13.7 Å². The number of rotatable bonds is 4. The molecule has 0 saturated heterocycles. The molecule has 20 heavy (non-hydrogen) atoms. The molecular weight excluding hydrogens is 286 g/mol. The van der Waals surface area contributed by atoms with Crippen LogP contribution in [0.4, 0.5) is 20.2 Å². The summed E-state index contributed by atoms with van der Waals surface area (Å²) in [7, 11) is 1.56. The number of anilines is 1. The van der Waals surface area contributed by atoms with Crippen LogP contribution in [0, 0.1) is 21.7 Å². The van der Waals surface area contributed by atoms with Crippen LogP contribution >= 0.6 is 11.8 Å². The van der Waals surface area contributed by atoms with Crippen LogP contribution in [0.5, 0.6) is 0 Å². The molecule has 0 spiro atoms. The van der Waals surface area contributed by atoms with E-state index in [0.29, 0.717) is 5.69 Å². The highest BCUT2D eigenvalue weighted by Gasteiger charge is 2.20. The molecule has 0 aromatic heterocycles. The number of nitro benzene ring substituents is 1. The normalized spacial score (nSPS) is 10.3. The minimum absolute atomic E-state index is 0.128. The highest BCUT2D eigenvalue weighted by atomic mass is 32.2. The molecule has 0 bridgehead atoms. The molecular formula is C13H10F2N2O2S. The van der Waals surface area contributed by atoms with E-state index in [1.54, 1.807) is 19.2 Å². The summed E-state index contributed by atoms with van der Waals surface area (Å²) in [6.45, 7) is 0. The topological polar surface area (TPSA) is 55.2 Å². The van der Waals surface area contributed by atoms with E-state index in [-0.39, 0.29) is 15.5 Å². The number of nitrogens with zero attached hydrogens (tertiary/aromatic N) is 1. The molecule has 104 valence electrons. The van der Waals surface area contributed by atoms with E-state index < -0.39 is 16.6 Å². The highest BCUT2D eigenvalue weighted by Crippen LogP contribution is 2.39. The second kappa shape index (κ2) is 5.87. The van der Waals surface area contributed by atoms with Crippen LogP contribution in [0.1, 0.15) is 0 Å². The van der Waals surface area contributed by atoms with E-state index in [9.17, 15) is 18.9 Å². The molecule has 0 aliphatic carbocycles. The Morgan fingerprint density at radius 2 is 1.95 bits per heavy atom. The third kappa shape index (κ3) is 2.88. The molecule has 2 rings (SSSR count). The number of halogens is 2. The highest BCUT2D eigenvalue weighted by molar-refractivity contribution is 7.99. The molecule has 2 aromatic rings. The minimum atomic E-state index is -0.751. The first kappa shape index (κ1) is 14.3. The van der Waals surface area contributed by atoms with Gasteiger partial charge in [-0.1, -0.05) is 17.8 Å². The quantitative estimate of drug-likeness (QED) is 0.682. The van der Waals surface area contributed by atoms with Gasteiger partial charge in [-0.05, 0) is 24.3 Å². The molecule has 0 amide bonds. The van der Waals surface area contributed by atoms with E-state index >= 15 is 0 Å². The number of hydrogen-bond donors (Lipinski definition) is 1. The van der Waals surface area contributed by atoms with Crippen LogP contribution in [0.3, 0.4) is 0 Å². The summed E-state index contributed by atoms with van der Waals surface area (Å²) in [6.07, 6.45) is 0. The van der Waals surface area contributed by atoms with Crippen molar-refractivity contribution in [2.24, 2.45) is 0 Å². The van der Waals surface area contributed by atoms with Gasteiger partial charge in [0.25, 0.3) is 0 Å². The minimum Gasteiger partial charge on any atom is -0.383 e. The van der Waals surface area contributed by atoms with E-state index in [1.807, 2.05) is 0 Å². The van der Waals surface area contributed by atoms with Crippen molar-refractivity contribution in [2.45, 2.75) is 9.79 Å². The van der Waals surface area contributed by atoms with Crippen LogP contribution < -0.4 is 5.32 Å². The third-order valence-electron chi connectivity index (χ3n) is 2.56. The van der Waals surface area contributed by atoms with Gasteiger partial charge in [-0.3, -0.25) is 10.1 Å². The van der Waals surface area contributed by atoms with E-state index in [4.69, 9.17) is 0 Å². The molecule has 0 fully saturated rings. The summed E-state index contributed by atoms with van der Waals surface area (Å²) in [6, 6.07) is 7.82. The molecule has 2 aromatic carbocycles. The SMILES string of the molecule is CNc1cccc(Sc2ccc(F)cc2F)c1[N+](=O)[O-]. The lowest BCUT2D eigenvalue weighted by atomic mass is 10.2. The average Bonchev–Trinajstić information content (AvgIpc) is 2.41. The van der Waals surface area contributed by atoms with Crippen molar-refractivity contribution >= 4 is 23.1 Å². The summed E-state index contributed by atoms with van der Waals surface area (Å²) >= 11 is 0.884. The smallest absolute Gasteiger partial charge is 0.306 e. The van der Waals surface area contributed by atoms with Crippen molar-refractivity contribution in [3.8, 4) is 0 Å². The van der Waals surface area contributed by atoms with Crippen molar-refractivity contribution in [1.82, 2.24) is 0 Å². The van der Waals surface area contributed by atoms with Crippen LogP contribution in [-0.4, -0.2) is 12.0 Å². The molecule has 0 heterocycles. The maximum Gasteiger partial charge on any atom is 0.306 e. The third-order valence-corrected chi connectivity index (χ3v) is 3.67. The first-order chi connectivity index (χ1) is 9.52. The summed E-state index contributed by atoms with van der Waals surface area (Å²) in [5, 5.41) is 13.8. The Hall–Kier alpha value is -2.15. The van der Waals surface area contributed by atoms with Crippen molar-refractivity contribution in [2.75, 3.05) is 12.4 Å². The zero-order valence-electron chi connectivity index (χ0n) is 10.4. The van der Waals surface area contributed by atoms with Crippen molar-refractivity contribution in [1.29, 1.82) is 0 Å². The van der Waals surface area contributed by atoms with E-state index in [1.165, 1.54) is 12.1 Å². The van der Waals surface area contributed by atoms with Gasteiger partial charge in [-0.15, -0.1) is 0 Å². The maximum absolute atomic E-state index is 13.6. The zero-order valence-corrected chi connectivity index (χ0v) is 11.2. The molecule has 7 heteroatoms. The van der Waals surface area contributed by atoms with Crippen molar-refractivity contribution in [3.05, 3.63) is 58.1 Å². The largest absolute Gasteiger partial charge is 0.383 e. The summed E-state index contributed by atoms with van der Waals surface area (Å²) < 4.78 is 26.5. The summed E-state index contributed by atoms with van der Waals surface area (Å²) in [5.74, 6) is -1.44. The van der Waals surface area contributed by atoms with Crippen LogP contribution in [0.25, 0.3) is 0 Å². The first-order valence-corrected chi connectivity index (χ1v) is 6.42. The fraction of sp³-hybridized carbons (Fsp3) is 0.0769. The Morgan fingerprint density at radius 3 is 2.55 bits per heavy atom. The lowest BCUT2D eigenvalue weighted by molar-refractivity contribution is -0.386. The summed E-state index contributed by atoms with van der Waals surface area (Å²) in [4.78, 5) is 11.0. The van der Waals surface area contributed by atoms with Gasteiger partial charge in [0.1, 0.15) is 17.3 Å². The van der Waals surface area contributed by atoms with Crippen LogP contribution in [0.15, 0.2) is 46.2 Å². The monoisotopic (exact) mass is 296 g/mol. The number of para-hydroxylation sites is 1. The molecule has 0 atom stereocenters. The Labute approximate surface area is 118 Å². The average molecular weight is 296 g/mol. The van der Waals surface area contributed by atoms with Crippen LogP contribution in [0.2, 0.25) is 0 Å². The lowest BCUT2D eigenvalue weighted by Crippen LogP contribution is -1.98. The number of hydrogen-bond acceptors (Lipinski definition) is 4. The fourth-order valence-electron chi connectivity index (χ4n) is 1.67. The number of nitro groups is 1. The maximum atomic E-state index is 13.6. The first-order valence-electron chi connectivity index (χ1n) is 5.61. The van der Waals surface area contributed by atoms with Gasteiger partial charge in [0.05, 0.1) is 9.82 Å². The van der Waals surface area contributed by atoms with Gasteiger partial charge in [-0.2, -0.15) is 0 Å². The standard InChI is InChI=1S/C13H10F2N2O2S/c1-16-10-3-2-4-12(13(10)17(18)19)20-11-6-5-8(14)7-9(11)15/h2-7,16H,1H3. The van der Waals surface area contributed by atoms with Crippen molar-refractivity contribution in [3.63, 3.8) is 0 Å². The predicted molar refractivity (Wildman–Crippen MR) is 73.1 cm³/mol. The molecule has 0 aliphatic rings. The summed E-state index contributed by atoms with van der Waals surface area (Å²) in [5.41, 5.74) is 0.200. The molecule has 0 radical (unpaired) electrons. The Kier molecular flexibility index (Phi) is 4.19. The van der Waals surface area contributed by atoms with E-state index in [2.05, 4.69) is 5.32 Å². The zero-order chi connectivity index (χ0) is 14.7. The van der Waals surface area contributed by atoms with Gasteiger partial charge in [0.15, 0.2) is 0 Å². The Bertz CT molecular complexity index is 665. The van der Waals surface area contributed by atoms with Gasteiger partial charge < -0.3 is 5.32 Å². The van der Waals surface area contributed by atoms with Crippen LogP contribution in [-0.2, 0) is 0 Å². The molecule has 0 unspecified atom stereocenters. The van der Waals surface area contributed by atoms with E-state index in [0.717, 1.165) is 23.9 Å². The van der Waals surface area contributed by atoms with Gasteiger partial charge in [-0.25, -0.2) is 8.78 Å². The molecule has 0 aliphatic heterocycles. The Balaban J connectivity index is 2.45. The van der Waals surface area contributed by atoms with Gasteiger partial charge in [0.2, 0.25) is 0 Å². The van der Waals surface area contributed by atoms with Gasteiger partial charge >= 0.3 is 5.69 Å². The second-order valence-electron chi connectivity index (χ2n) is 3.84. The number of benzene rings is 2. The number of nitrogens with one attached hydrogen (secondary N) is 1. The Morgan fingerprint density at radius 1 is 1.20 bits per heavy atom. The second-order valence-corrected chi connectivity index (χ2v) is 4.92. The fourth-order valence-corrected chi connectivity index (χ4v) is 2.63. The lowest BCUT2D eigenvalue weighted by Gasteiger charge is -2.07.